The van der Waals surface area contributed by atoms with Crippen LogP contribution < -0.4 is 10.6 Å². The van der Waals surface area contributed by atoms with Crippen molar-refractivity contribution < 1.29 is 9.59 Å². The Bertz CT molecular complexity index is 643. The third-order valence-corrected chi connectivity index (χ3v) is 3.70. The van der Waals surface area contributed by atoms with E-state index in [4.69, 9.17) is 0 Å². The number of anilines is 2. The molecule has 0 atom stereocenters. The lowest BCUT2D eigenvalue weighted by Gasteiger charge is -2.00. The molecule has 0 aliphatic rings. The number of nitrogens with zero attached hydrogens (tertiary/aromatic N) is 4. The number of nitrogens with one attached hydrogen (secondary N) is 2. The van der Waals surface area contributed by atoms with Crippen LogP contribution in [0.1, 0.15) is 23.9 Å². The first-order chi connectivity index (χ1) is 9.97. The van der Waals surface area contributed by atoms with E-state index in [2.05, 4.69) is 25.9 Å². The average molecular weight is 308 g/mol. The third kappa shape index (κ3) is 4.09. The van der Waals surface area contributed by atoms with E-state index in [0.717, 1.165) is 10.6 Å². The molecule has 8 nitrogen and oxygen atoms in total. The van der Waals surface area contributed by atoms with Crippen LogP contribution in [0.15, 0.2) is 6.20 Å². The summed E-state index contributed by atoms with van der Waals surface area (Å²) in [5, 5.41) is 13.4. The van der Waals surface area contributed by atoms with Crippen LogP contribution >= 0.6 is 11.3 Å². The molecule has 0 aromatic carbocycles. The summed E-state index contributed by atoms with van der Waals surface area (Å²) in [6.07, 6.45) is 1.86. The van der Waals surface area contributed by atoms with Crippen LogP contribution in [0.25, 0.3) is 0 Å². The number of aromatic nitrogens is 4. The van der Waals surface area contributed by atoms with E-state index in [1.807, 2.05) is 13.8 Å². The Balaban J connectivity index is 1.92. The van der Waals surface area contributed by atoms with Gasteiger partial charge in [0.1, 0.15) is 6.54 Å². The maximum atomic E-state index is 11.9. The quantitative estimate of drug-likeness (QED) is 0.868. The van der Waals surface area contributed by atoms with Crippen LogP contribution in [0.3, 0.4) is 0 Å². The van der Waals surface area contributed by atoms with E-state index in [-0.39, 0.29) is 18.4 Å². The fraction of sp³-hybridized carbons (Fsp3) is 0.417. The Morgan fingerprint density at radius 3 is 2.67 bits per heavy atom. The summed E-state index contributed by atoms with van der Waals surface area (Å²) in [5.74, 6) is -0.0714. The van der Waals surface area contributed by atoms with Crippen molar-refractivity contribution in [2.24, 2.45) is 0 Å². The highest BCUT2D eigenvalue weighted by Gasteiger charge is 2.10. The number of rotatable bonds is 5. The van der Waals surface area contributed by atoms with Crippen LogP contribution in [0.2, 0.25) is 0 Å². The van der Waals surface area contributed by atoms with E-state index >= 15 is 0 Å². The van der Waals surface area contributed by atoms with Gasteiger partial charge in [-0.3, -0.25) is 9.59 Å². The summed E-state index contributed by atoms with van der Waals surface area (Å²) in [6.45, 7) is 5.59. The second-order valence-electron chi connectivity index (χ2n) is 4.41. The van der Waals surface area contributed by atoms with Crippen molar-refractivity contribution in [1.82, 2.24) is 20.0 Å². The highest BCUT2D eigenvalue weighted by atomic mass is 32.1. The Morgan fingerprint density at radius 1 is 1.29 bits per heavy atom. The topological polar surface area (TPSA) is 102 Å². The van der Waals surface area contributed by atoms with Gasteiger partial charge in [-0.05, 0) is 13.8 Å². The summed E-state index contributed by atoms with van der Waals surface area (Å²) in [7, 11) is 0. The van der Waals surface area contributed by atoms with Crippen LogP contribution in [-0.4, -0.2) is 31.8 Å². The van der Waals surface area contributed by atoms with Crippen molar-refractivity contribution in [3.63, 3.8) is 0 Å². The molecule has 2 rings (SSSR count). The zero-order chi connectivity index (χ0) is 15.4. The van der Waals surface area contributed by atoms with Gasteiger partial charge in [-0.25, -0.2) is 9.67 Å². The molecule has 0 saturated heterocycles. The molecule has 0 bridgehead atoms. The highest BCUT2D eigenvalue weighted by Crippen LogP contribution is 2.20. The van der Waals surface area contributed by atoms with Crippen molar-refractivity contribution in [3.05, 3.63) is 16.8 Å². The van der Waals surface area contributed by atoms with Gasteiger partial charge >= 0.3 is 0 Å². The number of thiazole rings is 1. The van der Waals surface area contributed by atoms with Crippen molar-refractivity contribution in [1.29, 1.82) is 0 Å². The summed E-state index contributed by atoms with van der Waals surface area (Å²) in [6, 6.07) is 0. The van der Waals surface area contributed by atoms with Crippen molar-refractivity contribution in [2.75, 3.05) is 10.6 Å². The zero-order valence-corrected chi connectivity index (χ0v) is 12.8. The van der Waals surface area contributed by atoms with Gasteiger partial charge in [0.25, 0.3) is 0 Å². The largest absolute Gasteiger partial charge is 0.308 e. The van der Waals surface area contributed by atoms with Gasteiger partial charge in [-0.1, -0.05) is 12.1 Å². The molecule has 0 aliphatic carbocycles. The van der Waals surface area contributed by atoms with Crippen LogP contribution in [-0.2, 0) is 16.1 Å². The van der Waals surface area contributed by atoms with E-state index in [0.29, 0.717) is 17.4 Å². The van der Waals surface area contributed by atoms with Crippen LogP contribution in [0.5, 0.6) is 0 Å². The molecule has 2 aromatic rings. The van der Waals surface area contributed by atoms with Crippen LogP contribution in [0.4, 0.5) is 10.9 Å². The molecule has 2 amide bonds. The van der Waals surface area contributed by atoms with E-state index < -0.39 is 0 Å². The third-order valence-electron chi connectivity index (χ3n) is 2.71. The molecule has 0 radical (unpaired) electrons. The Kier molecular flexibility index (Phi) is 4.63. The van der Waals surface area contributed by atoms with E-state index in [1.54, 1.807) is 6.92 Å². The molecule has 9 heteroatoms. The molecule has 2 aromatic heterocycles. The molecule has 21 heavy (non-hydrogen) atoms. The minimum absolute atomic E-state index is 0.00662. The molecule has 0 unspecified atom stereocenters. The molecule has 0 aliphatic heterocycles. The van der Waals surface area contributed by atoms with Crippen molar-refractivity contribution in [3.8, 4) is 0 Å². The fourth-order valence-corrected chi connectivity index (χ4v) is 2.33. The first-order valence-electron chi connectivity index (χ1n) is 6.41. The first-order valence-corrected chi connectivity index (χ1v) is 7.23. The summed E-state index contributed by atoms with van der Waals surface area (Å²) >= 11 is 1.42. The number of hydrogen-bond acceptors (Lipinski definition) is 6. The van der Waals surface area contributed by atoms with E-state index in [9.17, 15) is 9.59 Å². The molecule has 2 heterocycles. The lowest BCUT2D eigenvalue weighted by molar-refractivity contribution is -0.117. The second-order valence-corrected chi connectivity index (χ2v) is 5.62. The number of aryl methyl sites for hydroxylation is 2. The number of amides is 2. The van der Waals surface area contributed by atoms with Gasteiger partial charge in [0, 0.05) is 11.3 Å². The highest BCUT2D eigenvalue weighted by molar-refractivity contribution is 7.15. The zero-order valence-electron chi connectivity index (χ0n) is 12.0. The predicted molar refractivity (Wildman–Crippen MR) is 79.2 cm³/mol. The van der Waals surface area contributed by atoms with E-state index in [1.165, 1.54) is 22.2 Å². The molecular formula is C12H16N6O2S. The second kappa shape index (κ2) is 6.44. The molecular weight excluding hydrogens is 292 g/mol. The Labute approximate surface area is 125 Å². The normalized spacial score (nSPS) is 10.4. The molecule has 0 saturated carbocycles. The SMILES string of the molecule is CCC(=O)Nc1cn(CC(=O)Nc2nc(C)c(C)s2)nn1. The summed E-state index contributed by atoms with van der Waals surface area (Å²) in [4.78, 5) is 28.4. The van der Waals surface area contributed by atoms with Crippen LogP contribution in [0, 0.1) is 13.8 Å². The number of hydrogen-bond donors (Lipinski definition) is 2. The van der Waals surface area contributed by atoms with Crippen molar-refractivity contribution in [2.45, 2.75) is 33.7 Å². The smallest absolute Gasteiger partial charge is 0.247 e. The van der Waals surface area contributed by atoms with Gasteiger partial charge in [0.15, 0.2) is 10.9 Å². The number of carbonyl (C=O) groups excluding carboxylic acids is 2. The Morgan fingerprint density at radius 2 is 2.05 bits per heavy atom. The standard InChI is InChI=1S/C12H16N6O2S/c1-4-10(19)14-9-5-18(17-16-9)6-11(20)15-12-13-7(2)8(3)21-12/h5H,4,6H2,1-3H3,(H,14,19)(H,13,15,20). The fourth-order valence-electron chi connectivity index (χ4n) is 1.50. The lowest BCUT2D eigenvalue weighted by Crippen LogP contribution is -2.19. The average Bonchev–Trinajstić information content (AvgIpc) is 2.97. The first kappa shape index (κ1) is 15.1. The number of carbonyl (C=O) groups is 2. The lowest BCUT2D eigenvalue weighted by atomic mass is 10.4. The molecule has 0 spiro atoms. The summed E-state index contributed by atoms with van der Waals surface area (Å²) < 4.78 is 1.36. The molecule has 112 valence electrons. The summed E-state index contributed by atoms with van der Waals surface area (Å²) in [5.41, 5.74) is 0.903. The van der Waals surface area contributed by atoms with Gasteiger partial charge in [-0.15, -0.1) is 16.4 Å². The minimum atomic E-state index is -0.248. The van der Waals surface area contributed by atoms with Crippen molar-refractivity contribution >= 4 is 34.1 Å². The van der Waals surface area contributed by atoms with Gasteiger partial charge in [0.2, 0.25) is 11.8 Å². The maximum Gasteiger partial charge on any atom is 0.247 e. The Hall–Kier alpha value is -2.29. The van der Waals surface area contributed by atoms with Gasteiger partial charge in [0.05, 0.1) is 11.9 Å². The monoisotopic (exact) mass is 308 g/mol. The predicted octanol–water partition coefficient (Wildman–Crippen LogP) is 1.34. The van der Waals surface area contributed by atoms with Gasteiger partial charge in [-0.2, -0.15) is 0 Å². The minimum Gasteiger partial charge on any atom is -0.308 e. The molecule has 0 fully saturated rings. The van der Waals surface area contributed by atoms with Gasteiger partial charge < -0.3 is 10.6 Å². The molecule has 2 N–H and O–H groups in total. The maximum absolute atomic E-state index is 11.9.